The maximum Gasteiger partial charge on any atom is 0.417 e. The lowest BCUT2D eigenvalue weighted by Gasteiger charge is -2.23. The fourth-order valence-electron chi connectivity index (χ4n) is 3.28. The van der Waals surface area contributed by atoms with E-state index >= 15 is 0 Å². The maximum absolute atomic E-state index is 13.4. The Morgan fingerprint density at radius 3 is 2.55 bits per heavy atom. The summed E-state index contributed by atoms with van der Waals surface area (Å²) in [6.45, 7) is 0.0313. The maximum atomic E-state index is 13.4. The summed E-state index contributed by atoms with van der Waals surface area (Å²) >= 11 is 0. The van der Waals surface area contributed by atoms with E-state index in [1.54, 1.807) is 54.8 Å². The number of benzene rings is 1. The molecule has 1 aromatic carbocycles. The minimum atomic E-state index is -4.49. The minimum absolute atomic E-state index is 0.0226. The first kappa shape index (κ1) is 22.3. The number of fused-ring (bicyclic) bond motifs is 1. The van der Waals surface area contributed by atoms with Crippen molar-refractivity contribution in [2.75, 3.05) is 7.05 Å². The van der Waals surface area contributed by atoms with Crippen LogP contribution in [0.25, 0.3) is 6.20 Å². The molecule has 1 atom stereocenters. The smallest absolute Gasteiger partial charge is 0.347 e. The number of nitrogens with zero attached hydrogens (tertiary/aromatic N) is 6. The summed E-state index contributed by atoms with van der Waals surface area (Å²) in [4.78, 5) is 33.1. The molecule has 0 fully saturated rings. The molecule has 0 bridgehead atoms. The van der Waals surface area contributed by atoms with Crippen LogP contribution in [-0.2, 0) is 19.3 Å². The van der Waals surface area contributed by atoms with E-state index in [-0.39, 0.29) is 19.0 Å². The number of aromatic nitrogens is 3. The van der Waals surface area contributed by atoms with Crippen LogP contribution >= 0.6 is 0 Å². The summed E-state index contributed by atoms with van der Waals surface area (Å²) in [5.41, 5.74) is 5.74. The van der Waals surface area contributed by atoms with Gasteiger partial charge in [0.2, 0.25) is 0 Å². The normalized spacial score (nSPS) is 15.3. The van der Waals surface area contributed by atoms with Gasteiger partial charge in [-0.3, -0.25) is 15.5 Å². The zero-order chi connectivity index (χ0) is 23.6. The number of alkyl halides is 3. The molecule has 1 aliphatic heterocycles. The lowest BCUT2D eigenvalue weighted by molar-refractivity contribution is -0.137. The van der Waals surface area contributed by atoms with Crippen LogP contribution in [-0.4, -0.2) is 44.0 Å². The Hall–Kier alpha value is -3.86. The number of nitrogens with two attached hydrogens (primary N) is 1. The standard InChI is InChI=1S/C22H20F3N7O/c1-31-11-15-9-14(3-6-18(15)30-21(31)26)20(33)32(13-19-27-7-2-8-28-19)12-17-5-4-16(10-29-17)22(23,24)25/h2-11,21H,12-13,26H2,1H3. The molecule has 0 spiro atoms. The number of carbonyl (C=O) groups excluding carboxylic acids is 1. The van der Waals surface area contributed by atoms with E-state index in [0.717, 1.165) is 17.5 Å². The molecule has 1 unspecified atom stereocenters. The van der Waals surface area contributed by atoms with Crippen molar-refractivity contribution in [3.63, 3.8) is 0 Å². The Labute approximate surface area is 186 Å². The van der Waals surface area contributed by atoms with Crippen molar-refractivity contribution >= 4 is 12.1 Å². The fraction of sp³-hybridized carbons (Fsp3) is 0.227. The summed E-state index contributed by atoms with van der Waals surface area (Å²) in [7, 11) is 1.78. The van der Waals surface area contributed by atoms with Crippen LogP contribution in [0.1, 0.15) is 27.4 Å². The number of hydrogen-bond donors (Lipinski definition) is 1. The van der Waals surface area contributed by atoms with Crippen LogP contribution in [0.4, 0.5) is 13.2 Å². The number of rotatable bonds is 5. The lowest BCUT2D eigenvalue weighted by atomic mass is 10.1. The number of amides is 1. The van der Waals surface area contributed by atoms with Crippen LogP contribution < -0.4 is 16.3 Å². The van der Waals surface area contributed by atoms with Gasteiger partial charge in [-0.2, -0.15) is 13.2 Å². The molecule has 33 heavy (non-hydrogen) atoms. The zero-order valence-electron chi connectivity index (χ0n) is 17.6. The van der Waals surface area contributed by atoms with Gasteiger partial charge in [-0.05, 0) is 36.4 Å². The SMILES string of the molecule is CN1C=c2cc(C(=O)N(Cc3ccc(C(F)(F)F)cn3)Cc3ncccn3)ccc2=NC1N. The Morgan fingerprint density at radius 2 is 1.88 bits per heavy atom. The molecule has 0 aliphatic carbocycles. The number of carbonyl (C=O) groups is 1. The molecular formula is C22H20F3N7O. The molecule has 1 aliphatic rings. The first-order valence-electron chi connectivity index (χ1n) is 9.95. The molecule has 2 N–H and O–H groups in total. The second kappa shape index (κ2) is 8.94. The van der Waals surface area contributed by atoms with E-state index in [2.05, 4.69) is 19.9 Å². The Balaban J connectivity index is 1.65. The van der Waals surface area contributed by atoms with Crippen molar-refractivity contribution in [3.8, 4) is 0 Å². The lowest BCUT2D eigenvalue weighted by Crippen LogP contribution is -2.45. The highest BCUT2D eigenvalue weighted by atomic mass is 19.4. The van der Waals surface area contributed by atoms with Crippen LogP contribution in [0.15, 0.2) is 60.0 Å². The van der Waals surface area contributed by atoms with Gasteiger partial charge >= 0.3 is 6.18 Å². The average Bonchev–Trinajstić information content (AvgIpc) is 2.79. The quantitative estimate of drug-likeness (QED) is 0.622. The number of pyridine rings is 1. The zero-order valence-corrected chi connectivity index (χ0v) is 17.6. The molecule has 0 saturated heterocycles. The van der Waals surface area contributed by atoms with Crippen LogP contribution in [0.2, 0.25) is 0 Å². The average molecular weight is 455 g/mol. The summed E-state index contributed by atoms with van der Waals surface area (Å²) in [5.74, 6) is 0.0425. The molecule has 0 saturated carbocycles. The summed E-state index contributed by atoms with van der Waals surface area (Å²) in [6, 6.07) is 8.89. The van der Waals surface area contributed by atoms with Crippen molar-refractivity contribution in [2.45, 2.75) is 25.6 Å². The molecule has 3 aromatic rings. The summed E-state index contributed by atoms with van der Waals surface area (Å²) in [5, 5.41) is 1.40. The van der Waals surface area contributed by atoms with Crippen molar-refractivity contribution in [3.05, 3.63) is 88.2 Å². The van der Waals surface area contributed by atoms with Gasteiger partial charge in [0.15, 0.2) is 6.29 Å². The third-order valence-corrected chi connectivity index (χ3v) is 5.05. The van der Waals surface area contributed by atoms with Crippen LogP contribution in [0.5, 0.6) is 0 Å². The van der Waals surface area contributed by atoms with Gasteiger partial charge in [-0.25, -0.2) is 15.0 Å². The third-order valence-electron chi connectivity index (χ3n) is 5.05. The molecule has 11 heteroatoms. The highest BCUT2D eigenvalue weighted by molar-refractivity contribution is 5.94. The van der Waals surface area contributed by atoms with E-state index in [9.17, 15) is 18.0 Å². The van der Waals surface area contributed by atoms with Gasteiger partial charge in [0.1, 0.15) is 5.82 Å². The number of halogens is 3. The van der Waals surface area contributed by atoms with Gasteiger partial charge in [0, 0.05) is 42.6 Å². The topological polar surface area (TPSA) is 101 Å². The largest absolute Gasteiger partial charge is 0.417 e. The Morgan fingerprint density at radius 1 is 1.12 bits per heavy atom. The monoisotopic (exact) mass is 455 g/mol. The molecule has 4 rings (SSSR count). The summed E-state index contributed by atoms with van der Waals surface area (Å²) < 4.78 is 38.6. The summed E-state index contributed by atoms with van der Waals surface area (Å²) in [6.07, 6.45) is 0.666. The minimum Gasteiger partial charge on any atom is -0.347 e. The van der Waals surface area contributed by atoms with Crippen molar-refractivity contribution in [1.82, 2.24) is 24.8 Å². The Kier molecular flexibility index (Phi) is 6.05. The molecule has 0 radical (unpaired) electrons. The highest BCUT2D eigenvalue weighted by Crippen LogP contribution is 2.28. The van der Waals surface area contributed by atoms with Crippen molar-refractivity contribution in [2.24, 2.45) is 10.7 Å². The van der Waals surface area contributed by atoms with E-state index in [1.807, 2.05) is 0 Å². The highest BCUT2D eigenvalue weighted by Gasteiger charge is 2.30. The van der Waals surface area contributed by atoms with E-state index in [0.29, 0.717) is 22.4 Å². The first-order valence-corrected chi connectivity index (χ1v) is 9.95. The van der Waals surface area contributed by atoms with Crippen LogP contribution in [0, 0.1) is 0 Å². The van der Waals surface area contributed by atoms with Crippen LogP contribution in [0.3, 0.4) is 0 Å². The molecule has 3 heterocycles. The van der Waals surface area contributed by atoms with Crippen molar-refractivity contribution < 1.29 is 18.0 Å². The van der Waals surface area contributed by atoms with Gasteiger partial charge in [-0.1, -0.05) is 0 Å². The molecule has 8 nitrogen and oxygen atoms in total. The molecule has 1 amide bonds. The number of hydrogen-bond acceptors (Lipinski definition) is 7. The Bertz CT molecular complexity index is 1260. The first-order chi connectivity index (χ1) is 15.7. The predicted octanol–water partition coefficient (Wildman–Crippen LogP) is 1.28. The third kappa shape index (κ3) is 5.14. The molecule has 170 valence electrons. The van der Waals surface area contributed by atoms with Crippen molar-refractivity contribution in [1.29, 1.82) is 0 Å². The van der Waals surface area contributed by atoms with Gasteiger partial charge in [0.05, 0.1) is 29.7 Å². The fourth-order valence-corrected chi connectivity index (χ4v) is 3.28. The van der Waals surface area contributed by atoms with E-state index in [4.69, 9.17) is 5.73 Å². The van der Waals surface area contributed by atoms with Gasteiger partial charge < -0.3 is 9.80 Å². The molecular weight excluding hydrogens is 435 g/mol. The second-order valence-electron chi connectivity index (χ2n) is 7.47. The van der Waals surface area contributed by atoms with E-state index < -0.39 is 18.0 Å². The predicted molar refractivity (Wildman–Crippen MR) is 112 cm³/mol. The van der Waals surface area contributed by atoms with E-state index in [1.165, 1.54) is 11.0 Å². The van der Waals surface area contributed by atoms with Gasteiger partial charge in [0.25, 0.3) is 5.91 Å². The van der Waals surface area contributed by atoms with Gasteiger partial charge in [-0.15, -0.1) is 0 Å². The molecule has 2 aromatic heterocycles. The second-order valence-corrected chi connectivity index (χ2v) is 7.47.